The highest BCUT2D eigenvalue weighted by Gasteiger charge is 2.36. The van der Waals surface area contributed by atoms with Crippen LogP contribution in [0.4, 0.5) is 22.0 Å². The standard InChI is InChI=1S/C19H20F5N3O2/c1-2-29-18(28)14-9-25-27(16(14)17(20)21)11-26(13-7-8-13)10-12-5-3-4-6-15(12)19(22,23)24/h3-6,9,13,17H,2,7-8,10-11H2,1H3. The van der Waals surface area contributed by atoms with E-state index in [1.807, 2.05) is 0 Å². The number of carbonyl (C=O) groups excluding carboxylic acids is 1. The molecule has 0 unspecified atom stereocenters. The molecule has 0 aliphatic heterocycles. The van der Waals surface area contributed by atoms with E-state index in [9.17, 15) is 26.7 Å². The molecule has 0 amide bonds. The van der Waals surface area contributed by atoms with Crippen LogP contribution >= 0.6 is 0 Å². The summed E-state index contributed by atoms with van der Waals surface area (Å²) in [6, 6.07) is 5.16. The average Bonchev–Trinajstić information content (AvgIpc) is 3.40. The second-order valence-electron chi connectivity index (χ2n) is 6.74. The van der Waals surface area contributed by atoms with E-state index in [1.165, 1.54) is 18.2 Å². The van der Waals surface area contributed by atoms with Crippen LogP contribution in [-0.2, 0) is 24.1 Å². The molecule has 3 rings (SSSR count). The van der Waals surface area contributed by atoms with E-state index in [0.29, 0.717) is 0 Å². The van der Waals surface area contributed by atoms with Gasteiger partial charge in [0, 0.05) is 12.6 Å². The van der Waals surface area contributed by atoms with Gasteiger partial charge in [-0.15, -0.1) is 0 Å². The Morgan fingerprint density at radius 2 is 2.00 bits per heavy atom. The minimum Gasteiger partial charge on any atom is -0.462 e. The SMILES string of the molecule is CCOC(=O)c1cnn(CN(Cc2ccccc2C(F)(F)F)C2CC2)c1C(F)F. The summed E-state index contributed by atoms with van der Waals surface area (Å²) in [5.74, 6) is -0.908. The molecule has 1 aliphatic carbocycles. The van der Waals surface area contributed by atoms with Gasteiger partial charge in [-0.25, -0.2) is 18.3 Å². The molecule has 0 N–H and O–H groups in total. The van der Waals surface area contributed by atoms with Crippen molar-refractivity contribution < 1.29 is 31.5 Å². The largest absolute Gasteiger partial charge is 0.462 e. The summed E-state index contributed by atoms with van der Waals surface area (Å²) in [5.41, 5.74) is -1.64. The van der Waals surface area contributed by atoms with Gasteiger partial charge in [0.1, 0.15) is 11.3 Å². The Kier molecular flexibility index (Phi) is 6.21. The lowest BCUT2D eigenvalue weighted by Gasteiger charge is -2.25. The van der Waals surface area contributed by atoms with Gasteiger partial charge in [0.15, 0.2) is 0 Å². The Morgan fingerprint density at radius 1 is 1.31 bits per heavy atom. The normalized spacial score (nSPS) is 14.6. The topological polar surface area (TPSA) is 47.4 Å². The molecule has 158 valence electrons. The molecule has 10 heteroatoms. The molecule has 1 saturated carbocycles. The highest BCUT2D eigenvalue weighted by Crippen LogP contribution is 2.35. The highest BCUT2D eigenvalue weighted by molar-refractivity contribution is 5.90. The van der Waals surface area contributed by atoms with Crippen LogP contribution in [0.25, 0.3) is 0 Å². The molecular weight excluding hydrogens is 397 g/mol. The number of hydrogen-bond acceptors (Lipinski definition) is 4. The summed E-state index contributed by atoms with van der Waals surface area (Å²) in [6.07, 6.45) is -4.98. The Morgan fingerprint density at radius 3 is 2.59 bits per heavy atom. The van der Waals surface area contributed by atoms with Gasteiger partial charge in [-0.2, -0.15) is 18.3 Å². The molecule has 0 radical (unpaired) electrons. The van der Waals surface area contributed by atoms with Crippen LogP contribution in [0.5, 0.6) is 0 Å². The van der Waals surface area contributed by atoms with Crippen LogP contribution in [0.1, 0.15) is 53.4 Å². The van der Waals surface area contributed by atoms with Gasteiger partial charge < -0.3 is 4.74 Å². The maximum absolute atomic E-state index is 13.6. The molecule has 1 fully saturated rings. The monoisotopic (exact) mass is 417 g/mol. The first-order chi connectivity index (χ1) is 13.7. The van der Waals surface area contributed by atoms with Gasteiger partial charge in [0.2, 0.25) is 0 Å². The molecule has 1 heterocycles. The fourth-order valence-electron chi connectivity index (χ4n) is 3.16. The quantitative estimate of drug-likeness (QED) is 0.464. The molecule has 0 spiro atoms. The predicted octanol–water partition coefficient (Wildman–Crippen LogP) is 4.64. The Hall–Kier alpha value is -2.49. The zero-order valence-corrected chi connectivity index (χ0v) is 15.6. The van der Waals surface area contributed by atoms with Crippen LogP contribution in [-0.4, -0.2) is 33.3 Å². The maximum Gasteiger partial charge on any atom is 0.416 e. The van der Waals surface area contributed by atoms with Gasteiger partial charge in [-0.3, -0.25) is 4.90 Å². The number of carbonyl (C=O) groups is 1. The molecule has 1 aromatic heterocycles. The van der Waals surface area contributed by atoms with E-state index in [2.05, 4.69) is 5.10 Å². The van der Waals surface area contributed by atoms with E-state index in [4.69, 9.17) is 4.74 Å². The molecular formula is C19H20F5N3O2. The number of aromatic nitrogens is 2. The fourth-order valence-corrected chi connectivity index (χ4v) is 3.16. The van der Waals surface area contributed by atoms with E-state index < -0.39 is 29.8 Å². The smallest absolute Gasteiger partial charge is 0.416 e. The highest BCUT2D eigenvalue weighted by atomic mass is 19.4. The van der Waals surface area contributed by atoms with Crippen LogP contribution < -0.4 is 0 Å². The number of hydrogen-bond donors (Lipinski definition) is 0. The summed E-state index contributed by atoms with van der Waals surface area (Å²) < 4.78 is 72.8. The lowest BCUT2D eigenvalue weighted by molar-refractivity contribution is -0.138. The molecule has 29 heavy (non-hydrogen) atoms. The van der Waals surface area contributed by atoms with Gasteiger partial charge in [0.25, 0.3) is 6.43 Å². The number of ether oxygens (including phenoxy) is 1. The summed E-state index contributed by atoms with van der Waals surface area (Å²) in [5, 5.41) is 3.88. The third kappa shape index (κ3) is 4.92. The Bertz CT molecular complexity index is 862. The van der Waals surface area contributed by atoms with Crippen molar-refractivity contribution in [2.24, 2.45) is 0 Å². The average molecular weight is 417 g/mol. The first kappa shape index (κ1) is 21.2. The summed E-state index contributed by atoms with van der Waals surface area (Å²) >= 11 is 0. The molecule has 2 aromatic rings. The van der Waals surface area contributed by atoms with Crippen molar-refractivity contribution in [3.63, 3.8) is 0 Å². The number of benzene rings is 1. The minimum atomic E-state index is -4.51. The zero-order valence-electron chi connectivity index (χ0n) is 15.6. The summed E-state index contributed by atoms with van der Waals surface area (Å²) in [7, 11) is 0. The third-order valence-corrected chi connectivity index (χ3v) is 4.66. The molecule has 1 aromatic carbocycles. The van der Waals surface area contributed by atoms with Crippen molar-refractivity contribution in [3.05, 3.63) is 52.8 Å². The lowest BCUT2D eigenvalue weighted by Crippen LogP contribution is -2.30. The summed E-state index contributed by atoms with van der Waals surface area (Å²) in [6.45, 7) is 1.35. The van der Waals surface area contributed by atoms with Gasteiger partial charge in [-0.1, -0.05) is 18.2 Å². The lowest BCUT2D eigenvalue weighted by atomic mass is 10.1. The number of alkyl halides is 5. The van der Waals surface area contributed by atoms with Crippen LogP contribution in [0.2, 0.25) is 0 Å². The van der Waals surface area contributed by atoms with E-state index in [-0.39, 0.29) is 37.0 Å². The van der Waals surface area contributed by atoms with Crippen molar-refractivity contribution in [3.8, 4) is 0 Å². The van der Waals surface area contributed by atoms with Crippen LogP contribution in [0, 0.1) is 0 Å². The first-order valence-corrected chi connectivity index (χ1v) is 9.12. The molecule has 0 bridgehead atoms. The van der Waals surface area contributed by atoms with Crippen molar-refractivity contribution in [1.29, 1.82) is 0 Å². The molecule has 5 nitrogen and oxygen atoms in total. The van der Waals surface area contributed by atoms with Crippen molar-refractivity contribution in [1.82, 2.24) is 14.7 Å². The number of esters is 1. The van der Waals surface area contributed by atoms with Crippen molar-refractivity contribution >= 4 is 5.97 Å². The van der Waals surface area contributed by atoms with Gasteiger partial charge >= 0.3 is 12.1 Å². The van der Waals surface area contributed by atoms with Crippen molar-refractivity contribution in [2.45, 2.75) is 51.6 Å². The van der Waals surface area contributed by atoms with Crippen LogP contribution in [0.15, 0.2) is 30.5 Å². The third-order valence-electron chi connectivity index (χ3n) is 4.66. The van der Waals surface area contributed by atoms with E-state index in [0.717, 1.165) is 29.8 Å². The van der Waals surface area contributed by atoms with E-state index >= 15 is 0 Å². The first-order valence-electron chi connectivity index (χ1n) is 9.12. The van der Waals surface area contributed by atoms with Gasteiger partial charge in [0.05, 0.1) is 25.0 Å². The second kappa shape index (κ2) is 8.48. The van der Waals surface area contributed by atoms with Gasteiger partial charge in [-0.05, 0) is 31.4 Å². The summed E-state index contributed by atoms with van der Waals surface area (Å²) in [4.78, 5) is 13.6. The number of rotatable bonds is 8. The Balaban J connectivity index is 1.87. The van der Waals surface area contributed by atoms with E-state index in [1.54, 1.807) is 11.8 Å². The fraction of sp³-hybridized carbons (Fsp3) is 0.474. The maximum atomic E-state index is 13.6. The number of nitrogens with zero attached hydrogens (tertiary/aromatic N) is 3. The second-order valence-corrected chi connectivity index (χ2v) is 6.74. The number of halogens is 5. The minimum absolute atomic E-state index is 0.0229. The molecule has 0 saturated heterocycles. The molecule has 0 atom stereocenters. The zero-order chi connectivity index (χ0) is 21.2. The van der Waals surface area contributed by atoms with Crippen molar-refractivity contribution in [2.75, 3.05) is 6.61 Å². The Labute approximate surface area is 164 Å². The molecule has 1 aliphatic rings. The predicted molar refractivity (Wildman–Crippen MR) is 93.1 cm³/mol. The van der Waals surface area contributed by atoms with Crippen LogP contribution in [0.3, 0.4) is 0 Å².